The maximum atomic E-state index is 14.1. The number of primary amides is 1. The molecule has 1 heterocycles. The van der Waals surface area contributed by atoms with E-state index in [0.717, 1.165) is 33.3 Å². The minimum absolute atomic E-state index is 0.0466. The number of amides is 3. The summed E-state index contributed by atoms with van der Waals surface area (Å²) in [5, 5.41) is 6.62. The predicted octanol–water partition coefficient (Wildman–Crippen LogP) is 1.49. The van der Waals surface area contributed by atoms with Gasteiger partial charge in [-0.1, -0.05) is 68.4 Å². The van der Waals surface area contributed by atoms with Gasteiger partial charge in [0.25, 0.3) is 0 Å². The van der Waals surface area contributed by atoms with Gasteiger partial charge in [0.1, 0.15) is 12.1 Å². The number of hydrogen-bond acceptors (Lipinski definition) is 6. The molecule has 2 rings (SSSR count). The Hall–Kier alpha value is -4.33. The van der Waals surface area contributed by atoms with Crippen molar-refractivity contribution >= 4 is 40.5 Å². The number of fused-ring (bicyclic) bond motifs is 1. The number of benzene rings is 1. The molecule has 0 saturated carbocycles. The molecule has 0 bridgehead atoms. The number of carbonyl (C=O) groups is 3. The quantitative estimate of drug-likeness (QED) is 0.0752. The van der Waals surface area contributed by atoms with Crippen LogP contribution in [0.3, 0.4) is 0 Å². The third-order valence-corrected chi connectivity index (χ3v) is 8.39. The maximum absolute atomic E-state index is 14.1. The molecule has 1 aromatic heterocycles. The molecular weight excluding hydrogens is 622 g/mol. The molecule has 0 saturated heterocycles. The van der Waals surface area contributed by atoms with E-state index in [4.69, 9.17) is 34.4 Å². The fourth-order valence-electron chi connectivity index (χ4n) is 5.63. The monoisotopic (exact) mass is 683 g/mol. The van der Waals surface area contributed by atoms with Crippen molar-refractivity contribution in [2.45, 2.75) is 129 Å². The molecule has 274 valence electrons. The van der Waals surface area contributed by atoms with Crippen molar-refractivity contribution in [3.63, 3.8) is 0 Å². The van der Waals surface area contributed by atoms with Gasteiger partial charge in [-0.15, -0.1) is 0 Å². The van der Waals surface area contributed by atoms with E-state index >= 15 is 0 Å². The Labute approximate surface area is 291 Å². The van der Waals surface area contributed by atoms with Crippen LogP contribution < -0.4 is 45.0 Å². The molecule has 0 aliphatic rings. The van der Waals surface area contributed by atoms with E-state index in [1.54, 1.807) is 0 Å². The van der Waals surface area contributed by atoms with E-state index in [-0.39, 0.29) is 54.0 Å². The number of aromatic amines is 1. The first-order valence-electron chi connectivity index (χ1n) is 16.9. The first-order chi connectivity index (χ1) is 22.4. The largest absolute Gasteiger partial charge is 0.370 e. The summed E-state index contributed by atoms with van der Waals surface area (Å²) in [6, 6.07) is 1.39. The molecule has 14 heteroatoms. The summed E-state index contributed by atoms with van der Waals surface area (Å²) < 4.78 is 0. The molecule has 0 spiro atoms. The zero-order valence-corrected chi connectivity index (χ0v) is 30.9. The Morgan fingerprint density at radius 1 is 0.735 bits per heavy atom. The van der Waals surface area contributed by atoms with Gasteiger partial charge in [-0.3, -0.25) is 24.4 Å². The summed E-state index contributed by atoms with van der Waals surface area (Å²) >= 11 is 0. The maximum Gasteiger partial charge on any atom is 0.243 e. The molecule has 15 N–H and O–H groups in total. The Balaban J connectivity index is 2.67. The van der Waals surface area contributed by atoms with E-state index in [2.05, 4.69) is 100 Å². The number of aliphatic imine (C=N–C) groups is 2. The van der Waals surface area contributed by atoms with Crippen LogP contribution in [0.15, 0.2) is 22.1 Å². The highest BCUT2D eigenvalue weighted by Crippen LogP contribution is 2.40. The summed E-state index contributed by atoms with van der Waals surface area (Å²) in [6.45, 7) is 19.9. The number of carbonyl (C=O) groups excluding carboxylic acids is 3. The van der Waals surface area contributed by atoms with Crippen LogP contribution >= 0.6 is 0 Å². The Morgan fingerprint density at radius 3 is 1.73 bits per heavy atom. The van der Waals surface area contributed by atoms with Crippen molar-refractivity contribution in [1.29, 1.82) is 0 Å². The van der Waals surface area contributed by atoms with Gasteiger partial charge < -0.3 is 50.0 Å². The number of nitrogens with zero attached hydrogens (tertiary/aromatic N) is 2. The standard InChI is InChI=1S/C35H61N11O3/c1-33(2,3)19-16-20-21(27(35(7,8)9)46-26(20)22(17-19)34(4,5)6)18-25(45-29(48)23(36)12-10-14-42-31(38)39)30(49)44-24(28(37)47)13-11-15-43-32(40)41/h16-17,23-25,46H,10-15,18,36H2,1-9H3,(H2,37,47)(H,44,49)(H,45,48)(H4,38,39,42)(H4,40,41,43)/t23?,24?,25-/m0/s1. The van der Waals surface area contributed by atoms with E-state index in [0.29, 0.717) is 19.4 Å². The van der Waals surface area contributed by atoms with Gasteiger partial charge in [0, 0.05) is 41.5 Å². The topological polar surface area (TPSA) is 272 Å². The van der Waals surface area contributed by atoms with Gasteiger partial charge in [-0.2, -0.15) is 0 Å². The zero-order valence-electron chi connectivity index (χ0n) is 30.9. The lowest BCUT2D eigenvalue weighted by Crippen LogP contribution is -2.56. The highest BCUT2D eigenvalue weighted by molar-refractivity contribution is 5.95. The summed E-state index contributed by atoms with van der Waals surface area (Å²) in [7, 11) is 0. The van der Waals surface area contributed by atoms with Crippen LogP contribution in [0.25, 0.3) is 10.9 Å². The van der Waals surface area contributed by atoms with Gasteiger partial charge in [0.15, 0.2) is 11.9 Å². The van der Waals surface area contributed by atoms with Gasteiger partial charge >= 0.3 is 0 Å². The van der Waals surface area contributed by atoms with Crippen LogP contribution in [-0.2, 0) is 37.0 Å². The SMILES string of the molecule is CC(C)(C)c1cc(C(C)(C)C)c2[nH]c(C(C)(C)C)c(C[C@H](NC(=O)C(N)CCCN=C(N)N)C(=O)NC(CCCN=C(N)N)C(N)=O)c2c1. The molecular formula is C35H61N11O3. The fourth-order valence-corrected chi connectivity index (χ4v) is 5.63. The third-order valence-electron chi connectivity index (χ3n) is 8.39. The summed E-state index contributed by atoms with van der Waals surface area (Å²) in [6.07, 6.45) is 1.47. The number of nitrogens with one attached hydrogen (secondary N) is 3. The number of guanidine groups is 2. The predicted molar refractivity (Wildman–Crippen MR) is 199 cm³/mol. The van der Waals surface area contributed by atoms with Crippen LogP contribution in [0.4, 0.5) is 0 Å². The van der Waals surface area contributed by atoms with Crippen LogP contribution in [0.1, 0.15) is 110 Å². The van der Waals surface area contributed by atoms with Gasteiger partial charge in [0.05, 0.1) is 6.04 Å². The van der Waals surface area contributed by atoms with Gasteiger partial charge in [0.2, 0.25) is 17.7 Å². The molecule has 0 aliphatic carbocycles. The highest BCUT2D eigenvalue weighted by atomic mass is 16.2. The summed E-state index contributed by atoms with van der Waals surface area (Å²) in [5.41, 5.74) is 38.0. The minimum atomic E-state index is -1.09. The highest BCUT2D eigenvalue weighted by Gasteiger charge is 2.33. The molecule has 3 amide bonds. The van der Waals surface area contributed by atoms with Crippen molar-refractivity contribution in [3.8, 4) is 0 Å². The van der Waals surface area contributed by atoms with Gasteiger partial charge in [-0.25, -0.2) is 0 Å². The number of H-pyrrole nitrogens is 1. The lowest BCUT2D eigenvalue weighted by molar-refractivity contribution is -0.131. The lowest BCUT2D eigenvalue weighted by atomic mass is 9.78. The molecule has 3 atom stereocenters. The number of rotatable bonds is 15. The van der Waals surface area contributed by atoms with E-state index in [9.17, 15) is 14.4 Å². The summed E-state index contributed by atoms with van der Waals surface area (Å²) in [5.74, 6) is -1.92. The summed E-state index contributed by atoms with van der Waals surface area (Å²) in [4.78, 5) is 51.6. The van der Waals surface area contributed by atoms with E-state index in [1.807, 2.05) is 0 Å². The molecule has 0 fully saturated rings. The second-order valence-electron chi connectivity index (χ2n) is 15.9. The normalized spacial score (nSPS) is 14.1. The van der Waals surface area contributed by atoms with Crippen LogP contribution in [-0.4, -0.2) is 65.8 Å². The molecule has 2 unspecified atom stereocenters. The van der Waals surface area contributed by atoms with Crippen LogP contribution in [0, 0.1) is 0 Å². The van der Waals surface area contributed by atoms with Gasteiger partial charge in [-0.05, 0) is 59.3 Å². The van der Waals surface area contributed by atoms with E-state index < -0.39 is 35.8 Å². The Kier molecular flexibility index (Phi) is 13.7. The van der Waals surface area contributed by atoms with Crippen LogP contribution in [0.5, 0.6) is 0 Å². The molecule has 0 aliphatic heterocycles. The Morgan fingerprint density at radius 2 is 1.27 bits per heavy atom. The number of hydrogen-bond donors (Lipinski definition) is 9. The fraction of sp³-hybridized carbons (Fsp3) is 0.629. The first kappa shape index (κ1) is 40.8. The number of aromatic nitrogens is 1. The zero-order chi connectivity index (χ0) is 37.5. The minimum Gasteiger partial charge on any atom is -0.370 e. The third kappa shape index (κ3) is 11.9. The molecule has 1 aromatic carbocycles. The van der Waals surface area contributed by atoms with Crippen molar-refractivity contribution < 1.29 is 14.4 Å². The lowest BCUT2D eigenvalue weighted by Gasteiger charge is -2.26. The smallest absolute Gasteiger partial charge is 0.243 e. The second-order valence-corrected chi connectivity index (χ2v) is 15.9. The second kappa shape index (κ2) is 16.4. The van der Waals surface area contributed by atoms with Crippen molar-refractivity contribution in [3.05, 3.63) is 34.5 Å². The van der Waals surface area contributed by atoms with Crippen molar-refractivity contribution in [2.24, 2.45) is 44.4 Å². The molecule has 14 nitrogen and oxygen atoms in total. The molecule has 2 aromatic rings. The van der Waals surface area contributed by atoms with Crippen LogP contribution in [0.2, 0.25) is 0 Å². The average molecular weight is 684 g/mol. The first-order valence-corrected chi connectivity index (χ1v) is 16.9. The van der Waals surface area contributed by atoms with Crippen molar-refractivity contribution in [1.82, 2.24) is 15.6 Å². The molecule has 49 heavy (non-hydrogen) atoms. The Bertz CT molecular complexity index is 1530. The van der Waals surface area contributed by atoms with E-state index in [1.165, 1.54) is 0 Å². The average Bonchev–Trinajstić information content (AvgIpc) is 3.33. The number of nitrogens with two attached hydrogens (primary N) is 6. The molecule has 0 radical (unpaired) electrons. The van der Waals surface area contributed by atoms with Crippen molar-refractivity contribution in [2.75, 3.05) is 13.1 Å².